The molecule has 170 valence electrons. The highest BCUT2D eigenvalue weighted by molar-refractivity contribution is 7.85. The zero-order valence-corrected chi connectivity index (χ0v) is 18.8. The van der Waals surface area contributed by atoms with Crippen molar-refractivity contribution in [3.63, 3.8) is 0 Å². The lowest BCUT2D eigenvalue weighted by Crippen LogP contribution is -2.34. The van der Waals surface area contributed by atoms with Crippen molar-refractivity contribution < 1.29 is 31.7 Å². The number of benzene rings is 2. The summed E-state index contributed by atoms with van der Waals surface area (Å²) in [4.78, 5) is 12.6. The van der Waals surface area contributed by atoms with Gasteiger partial charge in [0.2, 0.25) is 0 Å². The van der Waals surface area contributed by atoms with Gasteiger partial charge in [0.05, 0.1) is 27.1 Å². The first-order valence-corrected chi connectivity index (χ1v) is 11.4. The lowest BCUT2D eigenvalue weighted by atomic mass is 10.0. The highest BCUT2D eigenvalue weighted by Crippen LogP contribution is 2.37. The number of ether oxygens (including phenoxy) is 3. The lowest BCUT2D eigenvalue weighted by molar-refractivity contribution is -0.144. The molecule has 0 spiro atoms. The summed E-state index contributed by atoms with van der Waals surface area (Å²) in [5, 5.41) is 3.19. The van der Waals surface area contributed by atoms with Gasteiger partial charge < -0.3 is 19.5 Å². The fourth-order valence-corrected chi connectivity index (χ4v) is 3.16. The van der Waals surface area contributed by atoms with Crippen molar-refractivity contribution in [1.29, 1.82) is 0 Å². The highest BCUT2D eigenvalue weighted by atomic mass is 32.2. The van der Waals surface area contributed by atoms with E-state index >= 15 is 0 Å². The van der Waals surface area contributed by atoms with E-state index < -0.39 is 22.1 Å². The molecule has 0 aliphatic heterocycles. The molecule has 0 saturated carbocycles. The van der Waals surface area contributed by atoms with Crippen LogP contribution in [0.5, 0.6) is 11.5 Å². The fourth-order valence-electron chi connectivity index (χ4n) is 2.89. The van der Waals surface area contributed by atoms with E-state index in [-0.39, 0.29) is 13.2 Å². The number of anilines is 1. The van der Waals surface area contributed by atoms with Gasteiger partial charge in [-0.25, -0.2) is 4.79 Å². The number of methoxy groups -OCH3 is 2. The zero-order valence-electron chi connectivity index (χ0n) is 18.0. The van der Waals surface area contributed by atoms with Crippen LogP contribution in [0.15, 0.2) is 42.5 Å². The van der Waals surface area contributed by atoms with Crippen LogP contribution in [-0.2, 0) is 36.9 Å². The third kappa shape index (κ3) is 7.74. The lowest BCUT2D eigenvalue weighted by Gasteiger charge is -2.22. The molecular weight excluding hydrogens is 424 g/mol. The maximum atomic E-state index is 12.6. The summed E-state index contributed by atoms with van der Waals surface area (Å²) in [5.74, 6) is 0.429. The van der Waals surface area contributed by atoms with Crippen LogP contribution in [0.2, 0.25) is 0 Å². The molecule has 0 aliphatic rings. The molecule has 10 heteroatoms. The molecule has 2 aromatic rings. The van der Waals surface area contributed by atoms with Gasteiger partial charge >= 0.3 is 5.97 Å². The largest absolute Gasteiger partial charge is 0.494 e. The maximum absolute atomic E-state index is 12.6. The number of nitrogens with one attached hydrogen (secondary N) is 2. The van der Waals surface area contributed by atoms with E-state index in [0.29, 0.717) is 29.2 Å². The van der Waals surface area contributed by atoms with Crippen molar-refractivity contribution in [2.45, 2.75) is 25.9 Å². The molecule has 1 unspecified atom stereocenters. The summed E-state index contributed by atoms with van der Waals surface area (Å²) in [6.07, 6.45) is 1.34. The number of rotatable bonds is 12. The van der Waals surface area contributed by atoms with E-state index in [0.717, 1.165) is 11.8 Å². The Bertz CT molecular complexity index is 940. The molecule has 0 amide bonds. The third-order valence-electron chi connectivity index (χ3n) is 4.22. The summed E-state index contributed by atoms with van der Waals surface area (Å²) in [5.41, 5.74) is 4.47. The van der Waals surface area contributed by atoms with Gasteiger partial charge in [0.1, 0.15) is 23.2 Å². The average Bonchev–Trinajstić information content (AvgIpc) is 2.73. The van der Waals surface area contributed by atoms with Gasteiger partial charge in [0.15, 0.2) is 0 Å². The van der Waals surface area contributed by atoms with Gasteiger partial charge in [0.25, 0.3) is 10.1 Å². The van der Waals surface area contributed by atoms with Gasteiger partial charge in [0, 0.05) is 13.0 Å². The van der Waals surface area contributed by atoms with Crippen LogP contribution in [-0.4, -0.2) is 47.5 Å². The minimum absolute atomic E-state index is 0.0887. The van der Waals surface area contributed by atoms with Crippen molar-refractivity contribution in [2.75, 3.05) is 32.4 Å². The third-order valence-corrected chi connectivity index (χ3v) is 4.65. The molecule has 0 fully saturated rings. The van der Waals surface area contributed by atoms with E-state index in [1.807, 2.05) is 30.3 Å². The highest BCUT2D eigenvalue weighted by Gasteiger charge is 2.24. The summed E-state index contributed by atoms with van der Waals surface area (Å²) < 4.78 is 43.0. The topological polar surface area (TPSA) is 112 Å². The summed E-state index contributed by atoms with van der Waals surface area (Å²) >= 11 is 0. The van der Waals surface area contributed by atoms with Crippen molar-refractivity contribution in [2.24, 2.45) is 0 Å². The monoisotopic (exact) mass is 452 g/mol. The molecule has 31 heavy (non-hydrogen) atoms. The fraction of sp³-hybridized carbons (Fsp3) is 0.381. The number of hydrogen-bond acceptors (Lipinski definition) is 9. The van der Waals surface area contributed by atoms with Gasteiger partial charge in [-0.15, -0.1) is 0 Å². The zero-order chi connectivity index (χ0) is 22.9. The predicted molar refractivity (Wildman–Crippen MR) is 117 cm³/mol. The second-order valence-corrected chi connectivity index (χ2v) is 8.20. The Morgan fingerprint density at radius 2 is 1.65 bits per heavy atom. The number of hydroxylamine groups is 1. The molecule has 0 aliphatic carbocycles. The Hall–Kier alpha value is -2.82. The smallest absolute Gasteiger partial charge is 0.328 e. The normalized spacial score (nSPS) is 12.1. The van der Waals surface area contributed by atoms with Gasteiger partial charge in [-0.1, -0.05) is 30.3 Å². The molecule has 0 radical (unpaired) electrons. The van der Waals surface area contributed by atoms with Crippen LogP contribution in [0, 0.1) is 0 Å². The molecule has 2 rings (SSSR count). The minimum Gasteiger partial charge on any atom is -0.494 e. The molecule has 0 bridgehead atoms. The van der Waals surface area contributed by atoms with Crippen molar-refractivity contribution in [3.8, 4) is 11.5 Å². The quantitative estimate of drug-likeness (QED) is 0.370. The second-order valence-electron chi connectivity index (χ2n) is 6.62. The summed E-state index contributed by atoms with van der Waals surface area (Å²) in [6, 6.07) is 12.3. The maximum Gasteiger partial charge on any atom is 0.328 e. The average molecular weight is 453 g/mol. The molecule has 2 N–H and O–H groups in total. The molecule has 9 nitrogen and oxygen atoms in total. The van der Waals surface area contributed by atoms with E-state index in [2.05, 4.69) is 15.1 Å². The molecule has 0 saturated heterocycles. The van der Waals surface area contributed by atoms with Crippen molar-refractivity contribution in [3.05, 3.63) is 53.6 Å². The Kier molecular flexibility index (Phi) is 9.10. The number of carbonyl (C=O) groups excluding carboxylic acids is 1. The van der Waals surface area contributed by atoms with E-state index in [9.17, 15) is 13.2 Å². The van der Waals surface area contributed by atoms with Crippen LogP contribution in [0.4, 0.5) is 5.69 Å². The number of esters is 1. The molecule has 1 atom stereocenters. The molecule has 0 aromatic heterocycles. The van der Waals surface area contributed by atoms with Crippen LogP contribution in [0.25, 0.3) is 0 Å². The van der Waals surface area contributed by atoms with Crippen molar-refractivity contribution in [1.82, 2.24) is 5.48 Å². The Morgan fingerprint density at radius 3 is 2.16 bits per heavy atom. The van der Waals surface area contributed by atoms with Crippen LogP contribution in [0.3, 0.4) is 0 Å². The van der Waals surface area contributed by atoms with Crippen LogP contribution in [0.1, 0.15) is 18.1 Å². The SMILES string of the molecule is CCOC(=O)C(Cc1ccccc1)Nc1c(OC)cc(CNOS(C)(=O)=O)cc1OC. The summed E-state index contributed by atoms with van der Waals surface area (Å²) in [6.45, 7) is 2.09. The van der Waals surface area contributed by atoms with Gasteiger partial charge in [-0.05, 0) is 30.2 Å². The molecular formula is C21H28N2O7S. The van der Waals surface area contributed by atoms with Crippen molar-refractivity contribution >= 4 is 21.8 Å². The minimum atomic E-state index is -3.63. The van der Waals surface area contributed by atoms with E-state index in [1.54, 1.807) is 19.1 Å². The first-order chi connectivity index (χ1) is 14.8. The second kappa shape index (κ2) is 11.5. The first kappa shape index (κ1) is 24.4. The first-order valence-electron chi connectivity index (χ1n) is 9.60. The van der Waals surface area contributed by atoms with E-state index in [4.69, 9.17) is 14.2 Å². The Balaban J connectivity index is 2.30. The van der Waals surface area contributed by atoms with Crippen LogP contribution >= 0.6 is 0 Å². The molecule has 2 aromatic carbocycles. The van der Waals surface area contributed by atoms with Crippen LogP contribution < -0.4 is 20.3 Å². The number of hydrogen-bond donors (Lipinski definition) is 2. The Labute approximate surface area is 182 Å². The summed E-state index contributed by atoms with van der Waals surface area (Å²) in [7, 11) is -0.658. The van der Waals surface area contributed by atoms with E-state index in [1.165, 1.54) is 14.2 Å². The van der Waals surface area contributed by atoms with Gasteiger partial charge in [-0.3, -0.25) is 0 Å². The Morgan fingerprint density at radius 1 is 1.03 bits per heavy atom. The standard InChI is InChI=1S/C21H28N2O7S/c1-5-29-21(24)17(11-15-9-7-6-8-10-15)23-20-18(27-2)12-16(13-19(20)28-3)14-22-30-31(4,25)26/h6-10,12-13,17,22-23H,5,11,14H2,1-4H3. The number of carbonyl (C=O) groups is 1. The van der Waals surface area contributed by atoms with Gasteiger partial charge in [-0.2, -0.15) is 18.2 Å². The predicted octanol–water partition coefficient (Wildman–Crippen LogP) is 2.27. The molecule has 0 heterocycles.